The first kappa shape index (κ1) is 15.4. The second kappa shape index (κ2) is 6.20. The summed E-state index contributed by atoms with van der Waals surface area (Å²) in [6.07, 6.45) is 0. The molecule has 2 aromatic rings. The Bertz CT molecular complexity index is 649. The molecule has 0 heterocycles. The lowest BCUT2D eigenvalue weighted by Crippen LogP contribution is -2.14. The Kier molecular flexibility index (Phi) is 4.78. The molecular weight excluding hydrogens is 396 g/mol. The van der Waals surface area contributed by atoms with Gasteiger partial charge in [0, 0.05) is 11.6 Å². The molecule has 0 amide bonds. The van der Waals surface area contributed by atoms with Crippen LogP contribution < -0.4 is 10.5 Å². The van der Waals surface area contributed by atoms with Gasteiger partial charge in [0.05, 0.1) is 22.1 Å². The fourth-order valence-electron chi connectivity index (χ4n) is 1.89. The summed E-state index contributed by atoms with van der Waals surface area (Å²) >= 11 is 6.29. The zero-order valence-corrected chi connectivity index (χ0v) is 13.6. The predicted molar refractivity (Wildman–Crippen MR) is 80.8 cm³/mol. The lowest BCUT2D eigenvalue weighted by molar-refractivity contribution is 0.404. The SMILES string of the molecule is COc1cc(F)c(Br)cc1C(N)c1cccc(F)c1Br. The first-order chi connectivity index (χ1) is 9.45. The summed E-state index contributed by atoms with van der Waals surface area (Å²) < 4.78 is 32.8. The van der Waals surface area contributed by atoms with Gasteiger partial charge in [0.2, 0.25) is 0 Å². The fraction of sp³-hybridized carbons (Fsp3) is 0.143. The van der Waals surface area contributed by atoms with Crippen LogP contribution in [-0.4, -0.2) is 7.11 Å². The second-order valence-corrected chi connectivity index (χ2v) is 5.78. The Morgan fingerprint density at radius 3 is 2.45 bits per heavy atom. The van der Waals surface area contributed by atoms with Crippen LogP contribution in [0.3, 0.4) is 0 Å². The van der Waals surface area contributed by atoms with Gasteiger partial charge in [0.1, 0.15) is 17.4 Å². The average molecular weight is 407 g/mol. The molecule has 0 spiro atoms. The normalized spacial score (nSPS) is 12.3. The van der Waals surface area contributed by atoms with Crippen LogP contribution in [0.1, 0.15) is 17.2 Å². The van der Waals surface area contributed by atoms with Crippen molar-refractivity contribution in [3.05, 3.63) is 62.0 Å². The van der Waals surface area contributed by atoms with E-state index in [-0.39, 0.29) is 8.95 Å². The van der Waals surface area contributed by atoms with Crippen molar-refractivity contribution >= 4 is 31.9 Å². The standard InChI is InChI=1S/C14H11Br2F2NO/c1-20-12-6-11(18)9(15)5-8(12)14(19)7-3-2-4-10(17)13(7)16/h2-6,14H,19H2,1H3. The first-order valence-corrected chi connectivity index (χ1v) is 7.26. The number of rotatable bonds is 3. The Labute approximate surface area is 132 Å². The van der Waals surface area contributed by atoms with Crippen molar-refractivity contribution in [3.63, 3.8) is 0 Å². The molecule has 1 atom stereocenters. The van der Waals surface area contributed by atoms with Gasteiger partial charge >= 0.3 is 0 Å². The van der Waals surface area contributed by atoms with Gasteiger partial charge in [-0.1, -0.05) is 12.1 Å². The Morgan fingerprint density at radius 1 is 1.10 bits per heavy atom. The number of benzene rings is 2. The maximum Gasteiger partial charge on any atom is 0.141 e. The minimum absolute atomic E-state index is 0.274. The summed E-state index contributed by atoms with van der Waals surface area (Å²) in [4.78, 5) is 0. The van der Waals surface area contributed by atoms with E-state index in [1.165, 1.54) is 25.3 Å². The summed E-state index contributed by atoms with van der Waals surface area (Å²) in [5.74, 6) is -0.538. The number of nitrogens with two attached hydrogens (primary N) is 1. The lowest BCUT2D eigenvalue weighted by Gasteiger charge is -2.18. The molecule has 0 saturated carbocycles. The van der Waals surface area contributed by atoms with Crippen molar-refractivity contribution in [1.82, 2.24) is 0 Å². The van der Waals surface area contributed by atoms with Crippen LogP contribution in [0.2, 0.25) is 0 Å². The minimum Gasteiger partial charge on any atom is -0.496 e. The minimum atomic E-state index is -0.646. The van der Waals surface area contributed by atoms with Crippen molar-refractivity contribution in [2.24, 2.45) is 5.73 Å². The predicted octanol–water partition coefficient (Wildman–Crippen LogP) is 4.55. The zero-order chi connectivity index (χ0) is 14.9. The molecule has 20 heavy (non-hydrogen) atoms. The third kappa shape index (κ3) is 2.87. The van der Waals surface area contributed by atoms with Crippen molar-refractivity contribution < 1.29 is 13.5 Å². The lowest BCUT2D eigenvalue weighted by atomic mass is 9.98. The van der Waals surface area contributed by atoms with E-state index in [1.54, 1.807) is 12.1 Å². The van der Waals surface area contributed by atoms with Crippen molar-refractivity contribution in [2.75, 3.05) is 7.11 Å². The van der Waals surface area contributed by atoms with Gasteiger partial charge in [0.25, 0.3) is 0 Å². The van der Waals surface area contributed by atoms with Crippen molar-refractivity contribution in [3.8, 4) is 5.75 Å². The molecule has 2 aromatic carbocycles. The third-order valence-electron chi connectivity index (χ3n) is 2.92. The van der Waals surface area contributed by atoms with Crippen molar-refractivity contribution in [1.29, 1.82) is 0 Å². The Morgan fingerprint density at radius 2 is 1.80 bits per heavy atom. The summed E-state index contributed by atoms with van der Waals surface area (Å²) in [5.41, 5.74) is 7.28. The topological polar surface area (TPSA) is 35.2 Å². The monoisotopic (exact) mass is 405 g/mol. The molecule has 6 heteroatoms. The molecule has 106 valence electrons. The van der Waals surface area contributed by atoms with Gasteiger partial charge in [-0.25, -0.2) is 8.78 Å². The van der Waals surface area contributed by atoms with E-state index in [2.05, 4.69) is 31.9 Å². The van der Waals surface area contributed by atoms with Gasteiger partial charge in [0.15, 0.2) is 0 Å². The van der Waals surface area contributed by atoms with Gasteiger partial charge < -0.3 is 10.5 Å². The van der Waals surface area contributed by atoms with Crippen LogP contribution in [-0.2, 0) is 0 Å². The number of halogens is 4. The molecule has 0 fully saturated rings. The molecule has 0 aliphatic carbocycles. The van der Waals surface area contributed by atoms with Crippen LogP contribution in [0.4, 0.5) is 8.78 Å². The summed E-state index contributed by atoms with van der Waals surface area (Å²) in [7, 11) is 1.43. The molecule has 0 aromatic heterocycles. The maximum atomic E-state index is 13.6. The van der Waals surface area contributed by atoms with Gasteiger partial charge in [-0.2, -0.15) is 0 Å². The second-order valence-electron chi connectivity index (χ2n) is 4.13. The Hall–Kier alpha value is -0.980. The number of ether oxygens (including phenoxy) is 1. The molecule has 0 aliphatic rings. The average Bonchev–Trinajstić information content (AvgIpc) is 2.43. The highest BCUT2D eigenvalue weighted by molar-refractivity contribution is 9.10. The number of hydrogen-bond donors (Lipinski definition) is 1. The van der Waals surface area contributed by atoms with E-state index in [0.29, 0.717) is 16.9 Å². The summed E-state index contributed by atoms with van der Waals surface area (Å²) in [5, 5.41) is 0. The van der Waals surface area contributed by atoms with Crippen LogP contribution in [0.25, 0.3) is 0 Å². The highest BCUT2D eigenvalue weighted by atomic mass is 79.9. The van der Waals surface area contributed by atoms with E-state index in [0.717, 1.165) is 0 Å². The molecule has 0 radical (unpaired) electrons. The fourth-order valence-corrected chi connectivity index (χ4v) is 2.76. The molecule has 2 nitrogen and oxygen atoms in total. The number of hydrogen-bond acceptors (Lipinski definition) is 2. The maximum absolute atomic E-state index is 13.6. The summed E-state index contributed by atoms with van der Waals surface area (Å²) in [6.45, 7) is 0. The van der Waals surface area contributed by atoms with Gasteiger partial charge in [-0.3, -0.25) is 0 Å². The van der Waals surface area contributed by atoms with E-state index in [1.807, 2.05) is 0 Å². The van der Waals surface area contributed by atoms with E-state index in [9.17, 15) is 8.78 Å². The summed E-state index contributed by atoms with van der Waals surface area (Å²) in [6, 6.07) is 6.74. The Balaban J connectivity index is 2.55. The van der Waals surface area contributed by atoms with Gasteiger partial charge in [-0.15, -0.1) is 0 Å². The highest BCUT2D eigenvalue weighted by Gasteiger charge is 2.20. The molecule has 2 N–H and O–H groups in total. The smallest absolute Gasteiger partial charge is 0.141 e. The van der Waals surface area contributed by atoms with Gasteiger partial charge in [-0.05, 0) is 49.6 Å². The van der Waals surface area contributed by atoms with Crippen LogP contribution in [0, 0.1) is 11.6 Å². The molecule has 0 saturated heterocycles. The third-order valence-corrected chi connectivity index (χ3v) is 4.37. The largest absolute Gasteiger partial charge is 0.496 e. The quantitative estimate of drug-likeness (QED) is 0.811. The van der Waals surface area contributed by atoms with Crippen LogP contribution in [0.15, 0.2) is 39.3 Å². The highest BCUT2D eigenvalue weighted by Crippen LogP contribution is 2.35. The van der Waals surface area contributed by atoms with E-state index < -0.39 is 17.7 Å². The van der Waals surface area contributed by atoms with Crippen LogP contribution >= 0.6 is 31.9 Å². The molecule has 0 aliphatic heterocycles. The zero-order valence-electron chi connectivity index (χ0n) is 10.5. The first-order valence-electron chi connectivity index (χ1n) is 5.68. The molecule has 1 unspecified atom stereocenters. The van der Waals surface area contributed by atoms with Crippen LogP contribution in [0.5, 0.6) is 5.75 Å². The van der Waals surface area contributed by atoms with E-state index in [4.69, 9.17) is 10.5 Å². The molecule has 2 rings (SSSR count). The molecule has 0 bridgehead atoms. The number of methoxy groups -OCH3 is 1. The van der Waals surface area contributed by atoms with E-state index >= 15 is 0 Å². The molecular formula is C14H11Br2F2NO. The van der Waals surface area contributed by atoms with Crippen molar-refractivity contribution in [2.45, 2.75) is 6.04 Å².